The van der Waals surface area contributed by atoms with Crippen LogP contribution in [0.2, 0.25) is 0 Å². The van der Waals surface area contributed by atoms with Gasteiger partial charge < -0.3 is 10.1 Å². The fourth-order valence-electron chi connectivity index (χ4n) is 3.08. The predicted octanol–water partition coefficient (Wildman–Crippen LogP) is 3.08. The lowest BCUT2D eigenvalue weighted by molar-refractivity contribution is 0.269. The Morgan fingerprint density at radius 1 is 1.30 bits per heavy atom. The van der Waals surface area contributed by atoms with Crippen LogP contribution in [0.5, 0.6) is 5.75 Å². The third-order valence-electron chi connectivity index (χ3n) is 4.09. The SMILES string of the molecule is CCOc1ccc(C2C(CNC(C)C)CCN2C)cc1. The van der Waals surface area contributed by atoms with E-state index in [1.807, 2.05) is 6.92 Å². The summed E-state index contributed by atoms with van der Waals surface area (Å²) in [5.74, 6) is 1.66. The number of nitrogens with zero attached hydrogens (tertiary/aromatic N) is 1. The second-order valence-electron chi connectivity index (χ2n) is 6.04. The van der Waals surface area contributed by atoms with Gasteiger partial charge in [-0.1, -0.05) is 26.0 Å². The van der Waals surface area contributed by atoms with Crippen molar-refractivity contribution in [3.05, 3.63) is 29.8 Å². The van der Waals surface area contributed by atoms with Crippen LogP contribution in [-0.2, 0) is 0 Å². The molecule has 112 valence electrons. The van der Waals surface area contributed by atoms with E-state index in [-0.39, 0.29) is 0 Å². The molecule has 2 unspecified atom stereocenters. The minimum atomic E-state index is 0.525. The molecule has 0 spiro atoms. The van der Waals surface area contributed by atoms with E-state index in [0.717, 1.165) is 18.9 Å². The van der Waals surface area contributed by atoms with E-state index in [2.05, 4.69) is 55.4 Å². The van der Waals surface area contributed by atoms with Crippen molar-refractivity contribution in [3.63, 3.8) is 0 Å². The molecule has 1 saturated heterocycles. The Labute approximate surface area is 123 Å². The average molecular weight is 276 g/mol. The van der Waals surface area contributed by atoms with Gasteiger partial charge in [-0.05, 0) is 50.6 Å². The zero-order chi connectivity index (χ0) is 14.5. The van der Waals surface area contributed by atoms with Crippen LogP contribution < -0.4 is 10.1 Å². The Morgan fingerprint density at radius 3 is 2.60 bits per heavy atom. The first kappa shape index (κ1) is 15.3. The van der Waals surface area contributed by atoms with Gasteiger partial charge >= 0.3 is 0 Å². The van der Waals surface area contributed by atoms with Gasteiger partial charge in [-0.2, -0.15) is 0 Å². The third-order valence-corrected chi connectivity index (χ3v) is 4.09. The lowest BCUT2D eigenvalue weighted by Gasteiger charge is -2.26. The minimum absolute atomic E-state index is 0.525. The smallest absolute Gasteiger partial charge is 0.119 e. The highest BCUT2D eigenvalue weighted by molar-refractivity contribution is 5.30. The van der Waals surface area contributed by atoms with Crippen molar-refractivity contribution in [3.8, 4) is 5.75 Å². The van der Waals surface area contributed by atoms with Gasteiger partial charge in [0.05, 0.1) is 6.61 Å². The van der Waals surface area contributed by atoms with Crippen molar-refractivity contribution in [2.45, 2.75) is 39.3 Å². The number of hydrogen-bond acceptors (Lipinski definition) is 3. The van der Waals surface area contributed by atoms with Crippen molar-refractivity contribution in [1.29, 1.82) is 0 Å². The Balaban J connectivity index is 2.06. The van der Waals surface area contributed by atoms with Gasteiger partial charge in [0.1, 0.15) is 5.75 Å². The first-order chi connectivity index (χ1) is 9.61. The molecular formula is C17H28N2O. The molecular weight excluding hydrogens is 248 g/mol. The molecule has 0 aromatic heterocycles. The molecule has 1 N–H and O–H groups in total. The molecule has 1 fully saturated rings. The maximum atomic E-state index is 5.53. The first-order valence-corrected chi connectivity index (χ1v) is 7.78. The average Bonchev–Trinajstić information content (AvgIpc) is 2.79. The fraction of sp³-hybridized carbons (Fsp3) is 0.647. The van der Waals surface area contributed by atoms with E-state index in [1.54, 1.807) is 0 Å². The first-order valence-electron chi connectivity index (χ1n) is 7.78. The van der Waals surface area contributed by atoms with Crippen LogP contribution in [0.1, 0.15) is 38.8 Å². The largest absolute Gasteiger partial charge is 0.494 e. The minimum Gasteiger partial charge on any atom is -0.494 e. The number of nitrogens with one attached hydrogen (secondary N) is 1. The summed E-state index contributed by atoms with van der Waals surface area (Å²) in [6.07, 6.45) is 1.27. The zero-order valence-electron chi connectivity index (χ0n) is 13.2. The number of rotatable bonds is 6. The van der Waals surface area contributed by atoms with Crippen LogP contribution >= 0.6 is 0 Å². The van der Waals surface area contributed by atoms with Crippen molar-refractivity contribution in [1.82, 2.24) is 10.2 Å². The van der Waals surface area contributed by atoms with Gasteiger partial charge in [-0.25, -0.2) is 0 Å². The second kappa shape index (κ2) is 7.09. The maximum absolute atomic E-state index is 5.53. The summed E-state index contributed by atoms with van der Waals surface area (Å²) in [6, 6.07) is 9.72. The van der Waals surface area contributed by atoms with E-state index in [4.69, 9.17) is 4.74 Å². The topological polar surface area (TPSA) is 24.5 Å². The molecule has 0 aliphatic carbocycles. The quantitative estimate of drug-likeness (QED) is 0.864. The van der Waals surface area contributed by atoms with Gasteiger partial charge in [0.15, 0.2) is 0 Å². The third kappa shape index (κ3) is 3.74. The van der Waals surface area contributed by atoms with Crippen LogP contribution in [0.4, 0.5) is 0 Å². The van der Waals surface area contributed by atoms with E-state index < -0.39 is 0 Å². The predicted molar refractivity (Wildman–Crippen MR) is 84.2 cm³/mol. The molecule has 0 amide bonds. The van der Waals surface area contributed by atoms with Crippen LogP contribution in [0, 0.1) is 5.92 Å². The van der Waals surface area contributed by atoms with Crippen molar-refractivity contribution < 1.29 is 4.74 Å². The van der Waals surface area contributed by atoms with Gasteiger partial charge in [-0.15, -0.1) is 0 Å². The van der Waals surface area contributed by atoms with Crippen LogP contribution in [0.25, 0.3) is 0 Å². The van der Waals surface area contributed by atoms with Crippen LogP contribution in [-0.4, -0.2) is 37.7 Å². The summed E-state index contributed by atoms with van der Waals surface area (Å²) < 4.78 is 5.53. The molecule has 3 heteroatoms. The van der Waals surface area contributed by atoms with Gasteiger partial charge in [0.2, 0.25) is 0 Å². The lowest BCUT2D eigenvalue weighted by Crippen LogP contribution is -2.32. The van der Waals surface area contributed by atoms with Crippen molar-refractivity contribution in [2.75, 3.05) is 26.7 Å². The Morgan fingerprint density at radius 2 is 2.00 bits per heavy atom. The highest BCUT2D eigenvalue weighted by atomic mass is 16.5. The molecule has 3 nitrogen and oxygen atoms in total. The van der Waals surface area contributed by atoms with E-state index >= 15 is 0 Å². The van der Waals surface area contributed by atoms with Gasteiger partial charge in [0.25, 0.3) is 0 Å². The Kier molecular flexibility index (Phi) is 5.44. The lowest BCUT2D eigenvalue weighted by atomic mass is 9.93. The molecule has 1 aliphatic heterocycles. The van der Waals surface area contributed by atoms with Crippen LogP contribution in [0.15, 0.2) is 24.3 Å². The highest BCUT2D eigenvalue weighted by Crippen LogP contribution is 2.36. The molecule has 1 aliphatic rings. The second-order valence-corrected chi connectivity index (χ2v) is 6.04. The number of hydrogen-bond donors (Lipinski definition) is 1. The summed E-state index contributed by atoms with van der Waals surface area (Å²) in [4.78, 5) is 2.47. The Bertz CT molecular complexity index is 402. The maximum Gasteiger partial charge on any atom is 0.119 e. The van der Waals surface area contributed by atoms with Gasteiger partial charge in [-0.3, -0.25) is 4.90 Å². The molecule has 20 heavy (non-hydrogen) atoms. The summed E-state index contributed by atoms with van der Waals surface area (Å²) in [7, 11) is 2.23. The van der Waals surface area contributed by atoms with Crippen LogP contribution in [0.3, 0.4) is 0 Å². The zero-order valence-corrected chi connectivity index (χ0v) is 13.2. The standard InChI is InChI=1S/C17H28N2O/c1-5-20-16-8-6-14(7-9-16)17-15(10-11-19(17)4)12-18-13(2)3/h6-9,13,15,17-18H,5,10-12H2,1-4H3. The molecule has 0 radical (unpaired) electrons. The van der Waals surface area contributed by atoms with Gasteiger partial charge in [0, 0.05) is 18.6 Å². The number of benzene rings is 1. The summed E-state index contributed by atoms with van der Waals surface area (Å²) in [5.41, 5.74) is 1.41. The van der Waals surface area contributed by atoms with E-state index in [0.29, 0.717) is 18.0 Å². The highest BCUT2D eigenvalue weighted by Gasteiger charge is 2.32. The molecule has 2 rings (SSSR count). The molecule has 2 atom stereocenters. The summed E-state index contributed by atoms with van der Waals surface area (Å²) >= 11 is 0. The molecule has 1 aromatic rings. The van der Waals surface area contributed by atoms with Crippen molar-refractivity contribution >= 4 is 0 Å². The number of likely N-dealkylation sites (tertiary alicyclic amines) is 1. The molecule has 0 saturated carbocycles. The van der Waals surface area contributed by atoms with E-state index in [9.17, 15) is 0 Å². The molecule has 1 heterocycles. The normalized spacial score (nSPS) is 23.4. The monoisotopic (exact) mass is 276 g/mol. The number of ether oxygens (including phenoxy) is 1. The summed E-state index contributed by atoms with van der Waals surface area (Å²) in [6.45, 7) is 9.45. The van der Waals surface area contributed by atoms with Crippen molar-refractivity contribution in [2.24, 2.45) is 5.92 Å². The fourth-order valence-corrected chi connectivity index (χ4v) is 3.08. The molecule has 0 bridgehead atoms. The summed E-state index contributed by atoms with van der Waals surface area (Å²) in [5, 5.41) is 3.59. The molecule has 1 aromatic carbocycles. The Hall–Kier alpha value is -1.06. The van der Waals surface area contributed by atoms with E-state index in [1.165, 1.54) is 18.5 Å².